The van der Waals surface area contributed by atoms with E-state index in [4.69, 9.17) is 25.4 Å². The van der Waals surface area contributed by atoms with E-state index in [0.717, 1.165) is 11.5 Å². The van der Waals surface area contributed by atoms with Crippen LogP contribution in [0.5, 0.6) is 0 Å². The van der Waals surface area contributed by atoms with E-state index in [0.29, 0.717) is 31.2 Å². The SMILES string of the molecule is Cc1cc(CNCC(C)(C)CC2(c3ccco3)N=C3N=C(N)N=C(N)N3N2)no1. The van der Waals surface area contributed by atoms with Crippen molar-refractivity contribution in [2.24, 2.45) is 31.9 Å². The molecule has 0 spiro atoms. The van der Waals surface area contributed by atoms with Gasteiger partial charge >= 0.3 is 0 Å². The van der Waals surface area contributed by atoms with E-state index in [1.807, 2.05) is 25.1 Å². The van der Waals surface area contributed by atoms with Crippen molar-refractivity contribution in [1.82, 2.24) is 20.9 Å². The number of furan rings is 1. The zero-order valence-corrected chi connectivity index (χ0v) is 16.6. The summed E-state index contributed by atoms with van der Waals surface area (Å²) in [6.07, 6.45) is 2.21. The van der Waals surface area contributed by atoms with Gasteiger partial charge in [-0.05, 0) is 24.5 Å². The third kappa shape index (κ3) is 3.87. The molecule has 6 N–H and O–H groups in total. The fourth-order valence-corrected chi connectivity index (χ4v) is 3.59. The molecular weight excluding hydrogens is 374 g/mol. The van der Waals surface area contributed by atoms with Gasteiger partial charge < -0.3 is 25.7 Å². The molecule has 0 saturated heterocycles. The normalized spacial score (nSPS) is 21.6. The average molecular weight is 399 g/mol. The van der Waals surface area contributed by atoms with Gasteiger partial charge in [-0.1, -0.05) is 19.0 Å². The lowest BCUT2D eigenvalue weighted by Gasteiger charge is -2.35. The minimum absolute atomic E-state index is 0.0679. The number of fused-ring (bicyclic) bond motifs is 1. The Balaban J connectivity index is 1.53. The monoisotopic (exact) mass is 399 g/mol. The molecule has 2 aromatic heterocycles. The Labute approximate surface area is 167 Å². The molecule has 1 atom stereocenters. The number of nitrogens with one attached hydrogen (secondary N) is 2. The summed E-state index contributed by atoms with van der Waals surface area (Å²) in [7, 11) is 0. The number of hydrazine groups is 1. The Hall–Kier alpha value is -3.18. The van der Waals surface area contributed by atoms with Gasteiger partial charge in [0.2, 0.25) is 17.9 Å². The van der Waals surface area contributed by atoms with E-state index in [-0.39, 0.29) is 17.3 Å². The van der Waals surface area contributed by atoms with Crippen LogP contribution in [0.1, 0.15) is 37.5 Å². The molecule has 2 aliphatic rings. The summed E-state index contributed by atoms with van der Waals surface area (Å²) in [6, 6.07) is 5.61. The summed E-state index contributed by atoms with van der Waals surface area (Å²) >= 11 is 0. The second kappa shape index (κ2) is 7.01. The lowest BCUT2D eigenvalue weighted by atomic mass is 9.82. The Bertz CT molecular complexity index is 973. The number of guanidine groups is 3. The van der Waals surface area contributed by atoms with Gasteiger partial charge in [0, 0.05) is 25.6 Å². The highest BCUT2D eigenvalue weighted by Crippen LogP contribution is 2.39. The highest BCUT2D eigenvalue weighted by molar-refractivity contribution is 6.11. The first-order chi connectivity index (χ1) is 13.8. The molecule has 0 fully saturated rings. The van der Waals surface area contributed by atoms with Crippen molar-refractivity contribution in [2.75, 3.05) is 6.54 Å². The number of aryl methyl sites for hydroxylation is 1. The summed E-state index contributed by atoms with van der Waals surface area (Å²) < 4.78 is 10.8. The Morgan fingerprint density at radius 3 is 2.83 bits per heavy atom. The summed E-state index contributed by atoms with van der Waals surface area (Å²) in [6.45, 7) is 7.49. The van der Waals surface area contributed by atoms with Crippen molar-refractivity contribution < 1.29 is 8.94 Å². The van der Waals surface area contributed by atoms with Crippen molar-refractivity contribution in [3.05, 3.63) is 41.7 Å². The largest absolute Gasteiger partial charge is 0.465 e. The van der Waals surface area contributed by atoms with Crippen molar-refractivity contribution in [2.45, 2.75) is 39.4 Å². The first-order valence-corrected chi connectivity index (χ1v) is 9.29. The molecule has 4 heterocycles. The van der Waals surface area contributed by atoms with Crippen LogP contribution in [0.15, 0.2) is 48.4 Å². The smallest absolute Gasteiger partial charge is 0.248 e. The van der Waals surface area contributed by atoms with Gasteiger partial charge in [0.15, 0.2) is 5.66 Å². The molecule has 11 nitrogen and oxygen atoms in total. The van der Waals surface area contributed by atoms with Crippen LogP contribution in [-0.2, 0) is 12.2 Å². The topological polar surface area (TPSA) is 156 Å². The van der Waals surface area contributed by atoms with Crippen molar-refractivity contribution in [3.8, 4) is 0 Å². The van der Waals surface area contributed by atoms with Gasteiger partial charge in [-0.2, -0.15) is 15.4 Å². The highest BCUT2D eigenvalue weighted by Gasteiger charge is 2.48. The maximum absolute atomic E-state index is 6.01. The number of aromatic nitrogens is 1. The second-order valence-electron chi connectivity index (χ2n) is 8.01. The van der Waals surface area contributed by atoms with Crippen LogP contribution in [0.3, 0.4) is 0 Å². The first kappa shape index (κ1) is 19.2. The van der Waals surface area contributed by atoms with Crippen LogP contribution in [0.4, 0.5) is 0 Å². The number of hydrogen-bond acceptors (Lipinski definition) is 11. The van der Waals surface area contributed by atoms with Crippen molar-refractivity contribution in [3.63, 3.8) is 0 Å². The van der Waals surface area contributed by atoms with Crippen LogP contribution >= 0.6 is 0 Å². The lowest BCUT2D eigenvalue weighted by molar-refractivity contribution is 0.147. The quantitative estimate of drug-likeness (QED) is 0.531. The van der Waals surface area contributed by atoms with E-state index < -0.39 is 5.66 Å². The van der Waals surface area contributed by atoms with Crippen molar-refractivity contribution in [1.29, 1.82) is 0 Å². The third-order valence-corrected chi connectivity index (χ3v) is 4.71. The molecule has 154 valence electrons. The van der Waals surface area contributed by atoms with Crippen LogP contribution in [0.25, 0.3) is 0 Å². The summed E-state index contributed by atoms with van der Waals surface area (Å²) in [4.78, 5) is 13.0. The number of nitrogens with two attached hydrogens (primary N) is 2. The van der Waals surface area contributed by atoms with E-state index in [1.54, 1.807) is 6.26 Å². The number of rotatable bonds is 7. The summed E-state index contributed by atoms with van der Waals surface area (Å²) in [5, 5.41) is 8.97. The summed E-state index contributed by atoms with van der Waals surface area (Å²) in [5.41, 5.74) is 14.9. The lowest BCUT2D eigenvalue weighted by Crippen LogP contribution is -2.55. The maximum atomic E-state index is 6.01. The number of nitrogens with zero attached hydrogens (tertiary/aromatic N) is 5. The fraction of sp³-hybridized carbons (Fsp3) is 0.444. The van der Waals surface area contributed by atoms with Gasteiger partial charge in [0.05, 0.1) is 12.0 Å². The molecule has 0 saturated carbocycles. The van der Waals surface area contributed by atoms with E-state index in [9.17, 15) is 0 Å². The van der Waals surface area contributed by atoms with E-state index >= 15 is 0 Å². The van der Waals surface area contributed by atoms with Gasteiger partial charge in [0.1, 0.15) is 11.5 Å². The minimum Gasteiger partial charge on any atom is -0.465 e. The van der Waals surface area contributed by atoms with Crippen molar-refractivity contribution >= 4 is 17.9 Å². The molecule has 0 bridgehead atoms. The zero-order chi connectivity index (χ0) is 20.6. The van der Waals surface area contributed by atoms with Crippen LogP contribution < -0.4 is 22.2 Å². The Kier molecular flexibility index (Phi) is 4.63. The maximum Gasteiger partial charge on any atom is 0.248 e. The van der Waals surface area contributed by atoms with Crippen LogP contribution in [0.2, 0.25) is 0 Å². The van der Waals surface area contributed by atoms with Crippen LogP contribution in [0, 0.1) is 12.3 Å². The van der Waals surface area contributed by atoms with Gasteiger partial charge in [-0.3, -0.25) is 0 Å². The molecule has 11 heteroatoms. The van der Waals surface area contributed by atoms with Gasteiger partial charge in [0.25, 0.3) is 0 Å². The Morgan fingerprint density at radius 2 is 2.14 bits per heavy atom. The molecule has 2 aliphatic heterocycles. The molecule has 0 aliphatic carbocycles. The number of aliphatic imine (C=N–C) groups is 3. The number of hydrogen-bond donors (Lipinski definition) is 4. The van der Waals surface area contributed by atoms with E-state index in [1.165, 1.54) is 5.01 Å². The molecular formula is C18H25N9O2. The zero-order valence-electron chi connectivity index (χ0n) is 16.6. The standard InChI is InChI=1S/C18H25N9O2/c1-11-7-12(25-29-11)8-21-10-17(2,3)9-18(13-5-4-6-28-13)24-16-23-14(19)22-15(20)27(16)26-18/h4-7,21,26H,8-10H2,1-3H3,(H4,19,20,22,23,24). The van der Waals surface area contributed by atoms with E-state index in [2.05, 4.69) is 39.7 Å². The molecule has 4 rings (SSSR count). The third-order valence-electron chi connectivity index (χ3n) is 4.71. The molecule has 0 amide bonds. The fourth-order valence-electron chi connectivity index (χ4n) is 3.59. The molecule has 1 unspecified atom stereocenters. The Morgan fingerprint density at radius 1 is 1.31 bits per heavy atom. The molecule has 2 aromatic rings. The molecule has 0 radical (unpaired) electrons. The van der Waals surface area contributed by atoms with Gasteiger partial charge in [-0.25, -0.2) is 10.0 Å². The predicted octanol–water partition coefficient (Wildman–Crippen LogP) is 0.754. The second-order valence-corrected chi connectivity index (χ2v) is 8.01. The molecule has 0 aromatic carbocycles. The summed E-state index contributed by atoms with van der Waals surface area (Å²) in [5.74, 6) is 2.05. The van der Waals surface area contributed by atoms with Crippen LogP contribution in [-0.4, -0.2) is 34.6 Å². The van der Waals surface area contributed by atoms with Gasteiger partial charge in [-0.15, -0.1) is 0 Å². The molecule has 29 heavy (non-hydrogen) atoms. The highest BCUT2D eigenvalue weighted by atomic mass is 16.5. The average Bonchev–Trinajstić information content (AvgIpc) is 3.34. The minimum atomic E-state index is -0.886. The first-order valence-electron chi connectivity index (χ1n) is 9.29. The predicted molar refractivity (Wildman–Crippen MR) is 107 cm³/mol.